The molecule has 1 aliphatic rings. The molecule has 0 nitrogen and oxygen atoms in total. The topological polar surface area (TPSA) is 0 Å². The largest absolute Gasteiger partial charge is 0.0882 e. The highest BCUT2D eigenvalue weighted by molar-refractivity contribution is 5.14. The molecule has 0 saturated carbocycles. The molecular weight excluding hydrogens is 168 g/mol. The molecule has 0 aliphatic heterocycles. The van der Waals surface area contributed by atoms with E-state index in [9.17, 15) is 0 Å². The molecule has 0 amide bonds. The van der Waals surface area contributed by atoms with Gasteiger partial charge in [-0.15, -0.1) is 0 Å². The van der Waals surface area contributed by atoms with Crippen LogP contribution < -0.4 is 0 Å². The Balaban J connectivity index is 2.35. The van der Waals surface area contributed by atoms with E-state index >= 15 is 0 Å². The molecule has 0 heterocycles. The first kappa shape index (κ1) is 11.0. The van der Waals surface area contributed by atoms with Crippen molar-refractivity contribution in [2.45, 2.75) is 32.1 Å². The lowest BCUT2D eigenvalue weighted by Crippen LogP contribution is -1.73. The van der Waals surface area contributed by atoms with Crippen molar-refractivity contribution in [1.82, 2.24) is 0 Å². The van der Waals surface area contributed by atoms with Crippen LogP contribution in [-0.4, -0.2) is 0 Å². The van der Waals surface area contributed by atoms with Crippen LogP contribution in [0, 0.1) is 6.42 Å². The predicted molar refractivity (Wildman–Crippen MR) is 63.9 cm³/mol. The van der Waals surface area contributed by atoms with Gasteiger partial charge in [-0.25, -0.2) is 0 Å². The molecule has 1 aliphatic carbocycles. The van der Waals surface area contributed by atoms with Crippen molar-refractivity contribution in [3.63, 3.8) is 0 Å². The third-order valence-corrected chi connectivity index (χ3v) is 2.15. The van der Waals surface area contributed by atoms with E-state index in [0.717, 1.165) is 6.42 Å². The predicted octanol–water partition coefficient (Wildman–Crippen LogP) is 4.38. The maximum absolute atomic E-state index is 2.29. The summed E-state index contributed by atoms with van der Waals surface area (Å²) in [4.78, 5) is 0. The van der Waals surface area contributed by atoms with E-state index in [1.54, 1.807) is 0 Å². The lowest BCUT2D eigenvalue weighted by molar-refractivity contribution is 0.761. The van der Waals surface area contributed by atoms with Crippen molar-refractivity contribution in [1.29, 1.82) is 0 Å². The highest BCUT2D eigenvalue weighted by Crippen LogP contribution is 2.03. The van der Waals surface area contributed by atoms with Crippen molar-refractivity contribution >= 4 is 0 Å². The van der Waals surface area contributed by atoms with Gasteiger partial charge in [-0.3, -0.25) is 0 Å². The average molecular weight is 187 g/mol. The van der Waals surface area contributed by atoms with Gasteiger partial charge >= 0.3 is 0 Å². The van der Waals surface area contributed by atoms with Gasteiger partial charge in [0, 0.05) is 6.42 Å². The molecule has 0 aromatic carbocycles. The van der Waals surface area contributed by atoms with E-state index < -0.39 is 0 Å². The van der Waals surface area contributed by atoms with E-state index in [2.05, 4.69) is 55.0 Å². The summed E-state index contributed by atoms with van der Waals surface area (Å²) < 4.78 is 0. The number of rotatable bonds is 0. The van der Waals surface area contributed by atoms with Crippen LogP contribution in [-0.2, 0) is 0 Å². The van der Waals surface area contributed by atoms with E-state index in [1.807, 2.05) is 0 Å². The highest BCUT2D eigenvalue weighted by Gasteiger charge is 1.83. The van der Waals surface area contributed by atoms with Crippen molar-refractivity contribution in [2.24, 2.45) is 0 Å². The van der Waals surface area contributed by atoms with Gasteiger partial charge in [-0.2, -0.15) is 0 Å². The van der Waals surface area contributed by atoms with E-state index in [4.69, 9.17) is 0 Å². The maximum Gasteiger partial charge on any atom is 0.00474 e. The van der Waals surface area contributed by atoms with Gasteiger partial charge < -0.3 is 0 Å². The van der Waals surface area contributed by atoms with E-state index in [1.165, 1.54) is 25.7 Å². The van der Waals surface area contributed by atoms with Gasteiger partial charge in [0.2, 0.25) is 0 Å². The number of hydrogen-bond donors (Lipinski definition) is 0. The molecule has 0 aromatic rings. The van der Waals surface area contributed by atoms with Crippen molar-refractivity contribution < 1.29 is 0 Å². The summed E-state index contributed by atoms with van der Waals surface area (Å²) in [5.74, 6) is 0. The van der Waals surface area contributed by atoms with Gasteiger partial charge in [-0.05, 0) is 32.1 Å². The Morgan fingerprint density at radius 2 is 1.43 bits per heavy atom. The van der Waals surface area contributed by atoms with Crippen molar-refractivity contribution in [3.05, 3.63) is 55.0 Å². The monoisotopic (exact) mass is 187 g/mol. The summed E-state index contributed by atoms with van der Waals surface area (Å²) in [5, 5.41) is 0. The van der Waals surface area contributed by atoms with Crippen LogP contribution in [0.25, 0.3) is 0 Å². The molecule has 0 heteroatoms. The first-order chi connectivity index (χ1) is 7.00. The fraction of sp³-hybridized carbons (Fsp3) is 0.357. The molecule has 0 atom stereocenters. The quantitative estimate of drug-likeness (QED) is 0.494. The van der Waals surface area contributed by atoms with Crippen LogP contribution in [0.15, 0.2) is 48.6 Å². The summed E-state index contributed by atoms with van der Waals surface area (Å²) in [5.41, 5.74) is 0. The Bertz CT molecular complexity index is 228. The molecule has 0 unspecified atom stereocenters. The average Bonchev–Trinajstić information content (AvgIpc) is 2.22. The zero-order valence-corrected chi connectivity index (χ0v) is 8.73. The molecule has 0 saturated heterocycles. The minimum absolute atomic E-state index is 1.06. The first-order valence-electron chi connectivity index (χ1n) is 5.47. The molecule has 0 N–H and O–H groups in total. The van der Waals surface area contributed by atoms with Gasteiger partial charge in [0.25, 0.3) is 0 Å². The smallest absolute Gasteiger partial charge is 0.00474 e. The summed E-state index contributed by atoms with van der Waals surface area (Å²) in [6.45, 7) is 0. The van der Waals surface area contributed by atoms with Crippen LogP contribution in [0.2, 0.25) is 0 Å². The third kappa shape index (κ3) is 6.47. The Labute approximate surface area is 87.7 Å². The van der Waals surface area contributed by atoms with E-state index in [0.29, 0.717) is 0 Å². The van der Waals surface area contributed by atoms with Crippen molar-refractivity contribution in [3.8, 4) is 0 Å². The molecule has 0 spiro atoms. The normalized spacial score (nSPS) is 28.6. The first-order valence-corrected chi connectivity index (χ1v) is 5.47. The second-order valence-electron chi connectivity index (χ2n) is 3.43. The molecule has 1 rings (SSSR count). The molecular formula is C14H19. The molecule has 1 radical (unpaired) electrons. The number of allylic oxidation sites excluding steroid dienone is 8. The van der Waals surface area contributed by atoms with Gasteiger partial charge in [0.15, 0.2) is 0 Å². The van der Waals surface area contributed by atoms with Crippen LogP contribution in [0.3, 0.4) is 0 Å². The zero-order chi connectivity index (χ0) is 9.90. The summed E-state index contributed by atoms with van der Waals surface area (Å²) >= 11 is 0. The second-order valence-corrected chi connectivity index (χ2v) is 3.43. The van der Waals surface area contributed by atoms with Crippen molar-refractivity contribution in [2.75, 3.05) is 0 Å². The van der Waals surface area contributed by atoms with Gasteiger partial charge in [-0.1, -0.05) is 48.6 Å². The Hall–Kier alpha value is -1.04. The van der Waals surface area contributed by atoms with Crippen LogP contribution in [0.5, 0.6) is 0 Å². The van der Waals surface area contributed by atoms with Crippen LogP contribution in [0.4, 0.5) is 0 Å². The Morgan fingerprint density at radius 3 is 2.36 bits per heavy atom. The van der Waals surface area contributed by atoms with Crippen LogP contribution in [0.1, 0.15) is 32.1 Å². The van der Waals surface area contributed by atoms with Crippen LogP contribution >= 0.6 is 0 Å². The molecule has 14 heavy (non-hydrogen) atoms. The minimum Gasteiger partial charge on any atom is -0.0882 e. The molecule has 0 fully saturated rings. The zero-order valence-electron chi connectivity index (χ0n) is 8.73. The van der Waals surface area contributed by atoms with Gasteiger partial charge in [0.05, 0.1) is 0 Å². The van der Waals surface area contributed by atoms with Gasteiger partial charge in [0.1, 0.15) is 0 Å². The minimum atomic E-state index is 1.06. The maximum atomic E-state index is 2.29. The number of hydrogen-bond acceptors (Lipinski definition) is 0. The second kappa shape index (κ2) is 8.55. The molecule has 75 valence electrons. The Kier molecular flexibility index (Phi) is 6.74. The SMILES string of the molecule is [CH]1/C=C/C=C\CCCC/C=C\C/C=C/1. The summed E-state index contributed by atoms with van der Waals surface area (Å²) in [6.07, 6.45) is 25.5. The Morgan fingerprint density at radius 1 is 0.571 bits per heavy atom. The fourth-order valence-electron chi connectivity index (χ4n) is 1.34. The molecule has 0 aromatic heterocycles. The lowest BCUT2D eigenvalue weighted by Gasteiger charge is -1.93. The van der Waals surface area contributed by atoms with E-state index in [-0.39, 0.29) is 0 Å². The summed E-state index contributed by atoms with van der Waals surface area (Å²) in [7, 11) is 0. The third-order valence-electron chi connectivity index (χ3n) is 2.15. The highest BCUT2D eigenvalue weighted by atomic mass is 13.9. The molecule has 0 bridgehead atoms. The standard InChI is InChI=1S/C14H19/c1-2-4-6-8-10-12-14-13-11-9-7-5-3-1/h1-7,10,12H,8-9,11,13-14H2/b3-1+,6-4+,7-5-,12-10-. The summed E-state index contributed by atoms with van der Waals surface area (Å²) in [6, 6.07) is 0. The lowest BCUT2D eigenvalue weighted by atomic mass is 10.1. The fourth-order valence-corrected chi connectivity index (χ4v) is 1.34.